The summed E-state index contributed by atoms with van der Waals surface area (Å²) in [5, 5.41) is 0. The number of unbranched alkanes of at least 4 members (excludes halogenated alkanes) is 1. The lowest BCUT2D eigenvalue weighted by Crippen LogP contribution is -2.08. The quantitative estimate of drug-likeness (QED) is 0.603. The predicted octanol–water partition coefficient (Wildman–Crippen LogP) is 3.12. The molecule has 1 atom stereocenters. The molecule has 0 saturated heterocycles. The summed E-state index contributed by atoms with van der Waals surface area (Å²) in [6.07, 6.45) is 12.1. The number of hydrogen-bond donors (Lipinski definition) is 0. The van der Waals surface area contributed by atoms with Gasteiger partial charge in [0.05, 0.1) is 6.33 Å². The van der Waals surface area contributed by atoms with Gasteiger partial charge in [0.1, 0.15) is 0 Å². The molecule has 0 radical (unpaired) electrons. The van der Waals surface area contributed by atoms with Gasteiger partial charge >= 0.3 is 0 Å². The van der Waals surface area contributed by atoms with E-state index in [2.05, 4.69) is 16.5 Å². The van der Waals surface area contributed by atoms with Crippen LogP contribution >= 0.6 is 0 Å². The minimum absolute atomic E-state index is 0.748. The van der Waals surface area contributed by atoms with Crippen LogP contribution in [-0.2, 0) is 11.3 Å². The molecule has 0 aliphatic heterocycles. The fraction of sp³-hybridized carbons (Fsp3) is 0.769. The zero-order valence-electron chi connectivity index (χ0n) is 10.6. The van der Waals surface area contributed by atoms with E-state index in [1.54, 1.807) is 7.11 Å². The third kappa shape index (κ3) is 5.31. The molecule has 0 unspecified atom stereocenters. The first kappa shape index (κ1) is 13.2. The lowest BCUT2D eigenvalue weighted by molar-refractivity contribution is 0.141. The maximum atomic E-state index is 5.24. The van der Waals surface area contributed by atoms with Gasteiger partial charge in [-0.2, -0.15) is 0 Å². The van der Waals surface area contributed by atoms with Crippen LogP contribution < -0.4 is 0 Å². The fourth-order valence-electron chi connectivity index (χ4n) is 2.10. The van der Waals surface area contributed by atoms with Crippen LogP contribution in [0.4, 0.5) is 0 Å². The number of methoxy groups -OCH3 is 1. The highest BCUT2D eigenvalue weighted by atomic mass is 16.5. The summed E-state index contributed by atoms with van der Waals surface area (Å²) in [4.78, 5) is 4.04. The molecule has 0 spiro atoms. The summed E-state index contributed by atoms with van der Waals surface area (Å²) in [5.41, 5.74) is 0. The van der Waals surface area contributed by atoms with Crippen molar-refractivity contribution in [1.29, 1.82) is 0 Å². The van der Waals surface area contributed by atoms with Gasteiger partial charge in [-0.3, -0.25) is 0 Å². The average molecular weight is 224 g/mol. The van der Waals surface area contributed by atoms with E-state index in [4.69, 9.17) is 4.74 Å². The Labute approximate surface area is 98.8 Å². The number of aromatic nitrogens is 2. The molecular weight excluding hydrogens is 200 g/mol. The number of aryl methyl sites for hydroxylation is 1. The molecular formula is C13H24N2O. The van der Waals surface area contributed by atoms with E-state index < -0.39 is 0 Å². The second-order valence-corrected chi connectivity index (χ2v) is 4.41. The van der Waals surface area contributed by atoms with Crippen LogP contribution in [0.3, 0.4) is 0 Å². The van der Waals surface area contributed by atoms with E-state index in [0.29, 0.717) is 0 Å². The van der Waals surface area contributed by atoms with Gasteiger partial charge in [-0.05, 0) is 25.2 Å². The molecule has 3 heteroatoms. The van der Waals surface area contributed by atoms with Crippen molar-refractivity contribution in [1.82, 2.24) is 9.55 Å². The molecule has 1 aromatic heterocycles. The highest BCUT2D eigenvalue weighted by molar-refractivity contribution is 4.73. The summed E-state index contributed by atoms with van der Waals surface area (Å²) in [7, 11) is 1.80. The Morgan fingerprint density at radius 3 is 2.81 bits per heavy atom. The number of ether oxygens (including phenoxy) is 1. The summed E-state index contributed by atoms with van der Waals surface area (Å²) in [6.45, 7) is 4.25. The van der Waals surface area contributed by atoms with Gasteiger partial charge in [0.25, 0.3) is 0 Å². The highest BCUT2D eigenvalue weighted by Crippen LogP contribution is 2.15. The second kappa shape index (κ2) is 8.34. The Balaban J connectivity index is 2.08. The van der Waals surface area contributed by atoms with E-state index in [9.17, 15) is 0 Å². The Bertz CT molecular complexity index is 240. The van der Waals surface area contributed by atoms with Crippen LogP contribution in [0.15, 0.2) is 18.7 Å². The van der Waals surface area contributed by atoms with Crippen molar-refractivity contribution in [3.63, 3.8) is 0 Å². The molecule has 0 aliphatic rings. The predicted molar refractivity (Wildman–Crippen MR) is 66.4 cm³/mol. The molecule has 3 nitrogen and oxygen atoms in total. The summed E-state index contributed by atoms with van der Waals surface area (Å²) < 4.78 is 7.39. The van der Waals surface area contributed by atoms with E-state index in [1.165, 1.54) is 32.1 Å². The van der Waals surface area contributed by atoms with Crippen LogP contribution in [0.5, 0.6) is 0 Å². The van der Waals surface area contributed by atoms with Crippen molar-refractivity contribution < 1.29 is 4.74 Å². The Morgan fingerprint density at radius 1 is 1.31 bits per heavy atom. The van der Waals surface area contributed by atoms with Gasteiger partial charge < -0.3 is 9.30 Å². The van der Waals surface area contributed by atoms with Gasteiger partial charge in [0, 0.05) is 32.7 Å². The van der Waals surface area contributed by atoms with Gasteiger partial charge in [0.2, 0.25) is 0 Å². The van der Waals surface area contributed by atoms with Crippen LogP contribution in [0.1, 0.15) is 39.0 Å². The van der Waals surface area contributed by atoms with Gasteiger partial charge in [0.15, 0.2) is 0 Å². The zero-order chi connectivity index (χ0) is 11.6. The minimum Gasteiger partial charge on any atom is -0.384 e. The first-order valence-corrected chi connectivity index (χ1v) is 6.31. The molecule has 0 bridgehead atoms. The average Bonchev–Trinajstić information content (AvgIpc) is 2.78. The first-order chi connectivity index (χ1) is 7.86. The van der Waals surface area contributed by atoms with Crippen molar-refractivity contribution in [2.45, 2.75) is 45.6 Å². The van der Waals surface area contributed by atoms with Crippen molar-refractivity contribution in [2.75, 3.05) is 13.7 Å². The number of hydrogen-bond acceptors (Lipinski definition) is 2. The zero-order valence-corrected chi connectivity index (χ0v) is 10.6. The van der Waals surface area contributed by atoms with Crippen LogP contribution in [0.2, 0.25) is 0 Å². The topological polar surface area (TPSA) is 27.1 Å². The van der Waals surface area contributed by atoms with Crippen LogP contribution in [0, 0.1) is 5.92 Å². The van der Waals surface area contributed by atoms with Crippen molar-refractivity contribution in [3.05, 3.63) is 18.7 Å². The molecule has 0 amide bonds. The number of rotatable bonds is 9. The van der Waals surface area contributed by atoms with Gasteiger partial charge in [-0.25, -0.2) is 4.98 Å². The molecule has 0 N–H and O–H groups in total. The van der Waals surface area contributed by atoms with Crippen molar-refractivity contribution >= 4 is 0 Å². The van der Waals surface area contributed by atoms with E-state index in [1.807, 2.05) is 18.7 Å². The van der Waals surface area contributed by atoms with Crippen molar-refractivity contribution in [3.8, 4) is 0 Å². The van der Waals surface area contributed by atoms with Crippen LogP contribution in [0.25, 0.3) is 0 Å². The molecule has 0 fully saturated rings. The largest absolute Gasteiger partial charge is 0.384 e. The molecule has 1 aromatic rings. The second-order valence-electron chi connectivity index (χ2n) is 4.41. The SMILES string of the molecule is CCC[C@@H](CCCCn1ccnc1)COC. The summed E-state index contributed by atoms with van der Waals surface area (Å²) in [6, 6.07) is 0. The molecule has 0 saturated carbocycles. The minimum atomic E-state index is 0.748. The lowest BCUT2D eigenvalue weighted by atomic mass is 9.98. The van der Waals surface area contributed by atoms with Gasteiger partial charge in [-0.15, -0.1) is 0 Å². The Morgan fingerprint density at radius 2 is 2.19 bits per heavy atom. The Kier molecular flexibility index (Phi) is 6.90. The molecule has 1 heterocycles. The normalized spacial score (nSPS) is 12.9. The van der Waals surface area contributed by atoms with Crippen LogP contribution in [-0.4, -0.2) is 23.3 Å². The smallest absolute Gasteiger partial charge is 0.0945 e. The number of nitrogens with zero attached hydrogens (tertiary/aromatic N) is 2. The molecule has 92 valence electrons. The van der Waals surface area contributed by atoms with Crippen molar-refractivity contribution in [2.24, 2.45) is 5.92 Å². The number of imidazole rings is 1. The highest BCUT2D eigenvalue weighted by Gasteiger charge is 2.06. The lowest BCUT2D eigenvalue weighted by Gasteiger charge is -2.14. The molecule has 16 heavy (non-hydrogen) atoms. The monoisotopic (exact) mass is 224 g/mol. The van der Waals surface area contributed by atoms with E-state index in [0.717, 1.165) is 19.1 Å². The van der Waals surface area contributed by atoms with E-state index in [-0.39, 0.29) is 0 Å². The fourth-order valence-corrected chi connectivity index (χ4v) is 2.10. The molecule has 0 aromatic carbocycles. The summed E-state index contributed by atoms with van der Waals surface area (Å²) >= 11 is 0. The third-order valence-corrected chi connectivity index (χ3v) is 2.94. The third-order valence-electron chi connectivity index (χ3n) is 2.94. The first-order valence-electron chi connectivity index (χ1n) is 6.31. The Hall–Kier alpha value is -0.830. The van der Waals surface area contributed by atoms with Gasteiger partial charge in [-0.1, -0.05) is 19.8 Å². The summed E-state index contributed by atoms with van der Waals surface area (Å²) in [5.74, 6) is 0.748. The maximum Gasteiger partial charge on any atom is 0.0945 e. The molecule has 1 rings (SSSR count). The van der Waals surface area contributed by atoms with E-state index >= 15 is 0 Å². The standard InChI is InChI=1S/C13H24N2O/c1-3-6-13(11-16-2)7-4-5-9-15-10-8-14-12-15/h8,10,12-13H,3-7,9,11H2,1-2H3/t13-/m0/s1. The maximum absolute atomic E-state index is 5.24. The molecule has 0 aliphatic carbocycles.